The van der Waals surface area contributed by atoms with Crippen molar-refractivity contribution < 1.29 is 9.66 Å². The van der Waals surface area contributed by atoms with Crippen molar-refractivity contribution in [3.05, 3.63) is 118 Å². The van der Waals surface area contributed by atoms with Crippen LogP contribution in [-0.2, 0) is 24.4 Å². The van der Waals surface area contributed by atoms with E-state index in [1.807, 2.05) is 59.3 Å². The Bertz CT molecular complexity index is 1610. The summed E-state index contributed by atoms with van der Waals surface area (Å²) < 4.78 is 8.00. The molecule has 0 radical (unpaired) electrons. The minimum atomic E-state index is -0.298. The Balaban J connectivity index is 0.00000323. The van der Waals surface area contributed by atoms with Gasteiger partial charge in [-0.05, 0) is 23.3 Å². The lowest BCUT2D eigenvalue weighted by atomic mass is 10.1. The fourth-order valence-corrected chi connectivity index (χ4v) is 6.19. The van der Waals surface area contributed by atoms with E-state index in [1.54, 1.807) is 6.07 Å². The summed E-state index contributed by atoms with van der Waals surface area (Å²) in [6, 6.07) is 32.1. The van der Waals surface area contributed by atoms with Crippen LogP contribution in [0, 0.1) is 10.1 Å². The smallest absolute Gasteiger partial charge is 0.284 e. The molecule has 204 valence electrons. The van der Waals surface area contributed by atoms with Gasteiger partial charge in [0.15, 0.2) is 0 Å². The summed E-state index contributed by atoms with van der Waals surface area (Å²) in [5, 5.41) is 17.7. The first-order valence-corrected chi connectivity index (χ1v) is 13.8. The highest BCUT2D eigenvalue weighted by molar-refractivity contribution is 8.00. The van der Waals surface area contributed by atoms with Crippen molar-refractivity contribution in [2.24, 2.45) is 0 Å². The summed E-state index contributed by atoms with van der Waals surface area (Å²) >= 11 is 1.46. The van der Waals surface area contributed by atoms with Crippen LogP contribution < -0.4 is 0 Å². The SMILES string of the molecule is Cl.O=[N+]([O-])c1ccc2c3c(nn2CCN(CCOCc2ccccc2)Cc2ccccc2)-c2ccccc2Sc13. The Morgan fingerprint density at radius 3 is 2.33 bits per heavy atom. The highest BCUT2D eigenvalue weighted by Crippen LogP contribution is 2.50. The topological polar surface area (TPSA) is 73.4 Å². The van der Waals surface area contributed by atoms with Crippen molar-refractivity contribution in [3.8, 4) is 11.3 Å². The van der Waals surface area contributed by atoms with Crippen LogP contribution in [0.2, 0.25) is 0 Å². The van der Waals surface area contributed by atoms with E-state index in [0.717, 1.165) is 52.3 Å². The molecule has 1 aliphatic heterocycles. The summed E-state index contributed by atoms with van der Waals surface area (Å²) in [6.07, 6.45) is 0. The lowest BCUT2D eigenvalue weighted by Gasteiger charge is -2.22. The van der Waals surface area contributed by atoms with Gasteiger partial charge < -0.3 is 4.74 Å². The van der Waals surface area contributed by atoms with E-state index < -0.39 is 0 Å². The van der Waals surface area contributed by atoms with Crippen molar-refractivity contribution in [3.63, 3.8) is 0 Å². The van der Waals surface area contributed by atoms with Gasteiger partial charge in [0.1, 0.15) is 10.6 Å². The zero-order valence-corrected chi connectivity index (χ0v) is 23.4. The minimum absolute atomic E-state index is 0. The van der Waals surface area contributed by atoms with Crippen LogP contribution in [0.4, 0.5) is 5.69 Å². The average molecular weight is 573 g/mol. The number of hydrogen-bond acceptors (Lipinski definition) is 6. The van der Waals surface area contributed by atoms with Crippen molar-refractivity contribution in [2.45, 2.75) is 29.5 Å². The molecule has 0 atom stereocenters. The summed E-state index contributed by atoms with van der Waals surface area (Å²) in [6.45, 7) is 4.21. The first-order valence-electron chi connectivity index (χ1n) is 13.0. The maximum absolute atomic E-state index is 11.8. The molecule has 0 saturated heterocycles. The Morgan fingerprint density at radius 1 is 0.875 bits per heavy atom. The van der Waals surface area contributed by atoms with Crippen molar-refractivity contribution in [1.29, 1.82) is 0 Å². The molecule has 4 aromatic carbocycles. The van der Waals surface area contributed by atoms with Gasteiger partial charge in [0, 0.05) is 41.5 Å². The summed E-state index contributed by atoms with van der Waals surface area (Å²) in [4.78, 5) is 15.6. The van der Waals surface area contributed by atoms with Crippen LogP contribution >= 0.6 is 24.2 Å². The molecular weight excluding hydrogens is 544 g/mol. The predicted molar refractivity (Wildman–Crippen MR) is 161 cm³/mol. The van der Waals surface area contributed by atoms with E-state index in [-0.39, 0.29) is 23.0 Å². The first kappa shape index (κ1) is 27.9. The normalized spacial score (nSPS) is 11.8. The molecule has 0 fully saturated rings. The fourth-order valence-electron chi connectivity index (χ4n) is 5.00. The number of fused-ring (bicyclic) bond motifs is 2. The number of nitro benzene ring substituents is 1. The van der Waals surface area contributed by atoms with Crippen LogP contribution in [0.25, 0.3) is 22.2 Å². The van der Waals surface area contributed by atoms with Gasteiger partial charge in [-0.25, -0.2) is 0 Å². The molecule has 0 amide bonds. The molecule has 5 aromatic rings. The van der Waals surface area contributed by atoms with E-state index in [1.165, 1.54) is 17.3 Å². The van der Waals surface area contributed by atoms with Gasteiger partial charge in [-0.1, -0.05) is 90.6 Å². The van der Waals surface area contributed by atoms with Crippen molar-refractivity contribution in [2.75, 3.05) is 19.7 Å². The lowest BCUT2D eigenvalue weighted by Crippen LogP contribution is -2.30. The molecule has 9 heteroatoms. The summed E-state index contributed by atoms with van der Waals surface area (Å²) in [5.41, 5.74) is 5.30. The van der Waals surface area contributed by atoms with Gasteiger partial charge in [0.05, 0.1) is 30.2 Å². The van der Waals surface area contributed by atoms with E-state index >= 15 is 0 Å². The van der Waals surface area contributed by atoms with Crippen LogP contribution in [0.1, 0.15) is 11.1 Å². The molecule has 2 heterocycles. The number of hydrogen-bond donors (Lipinski definition) is 0. The second kappa shape index (κ2) is 12.7. The molecule has 0 N–H and O–H groups in total. The molecular formula is C31H29ClN4O3S. The molecule has 0 bridgehead atoms. The number of nitrogens with zero attached hydrogens (tertiary/aromatic N) is 4. The standard InChI is InChI=1S/C31H28N4O3S.ClH/c36-35(37)27-16-15-26-29-30(25-13-7-8-14-28(25)39-31(27)29)32-34(26)18-17-33(21-23-9-3-1-4-10-23)19-20-38-22-24-11-5-2-6-12-24;/h1-16H,17-22H2;1H. The van der Waals surface area contributed by atoms with Gasteiger partial charge in [-0.15, -0.1) is 12.4 Å². The summed E-state index contributed by atoms with van der Waals surface area (Å²) in [5.74, 6) is 0. The fraction of sp³-hybridized carbons (Fsp3) is 0.194. The van der Waals surface area contributed by atoms with E-state index in [0.29, 0.717) is 24.7 Å². The molecule has 6 rings (SSSR count). The van der Waals surface area contributed by atoms with Gasteiger partial charge in [-0.2, -0.15) is 5.10 Å². The number of aromatic nitrogens is 2. The van der Waals surface area contributed by atoms with E-state index in [2.05, 4.69) is 41.3 Å². The Hall–Kier alpha value is -3.69. The lowest BCUT2D eigenvalue weighted by molar-refractivity contribution is -0.387. The van der Waals surface area contributed by atoms with E-state index in [9.17, 15) is 10.1 Å². The second-order valence-electron chi connectivity index (χ2n) is 9.53. The Morgan fingerprint density at radius 2 is 1.57 bits per heavy atom. The molecule has 0 aliphatic carbocycles. The average Bonchev–Trinajstić information content (AvgIpc) is 3.35. The highest BCUT2D eigenvalue weighted by atomic mass is 35.5. The third-order valence-electron chi connectivity index (χ3n) is 6.94. The number of nitro groups is 1. The third-order valence-corrected chi connectivity index (χ3v) is 8.14. The minimum Gasteiger partial charge on any atom is -0.375 e. The molecule has 0 spiro atoms. The van der Waals surface area contributed by atoms with Crippen molar-refractivity contribution >= 4 is 40.8 Å². The molecule has 0 unspecified atom stereocenters. The number of halogens is 1. The number of ether oxygens (including phenoxy) is 1. The molecule has 1 aromatic heterocycles. The number of benzene rings is 4. The zero-order chi connectivity index (χ0) is 26.6. The Kier molecular flexibility index (Phi) is 8.81. The predicted octanol–water partition coefficient (Wildman–Crippen LogP) is 7.22. The first-order chi connectivity index (χ1) is 19.2. The van der Waals surface area contributed by atoms with E-state index in [4.69, 9.17) is 9.84 Å². The maximum atomic E-state index is 11.8. The van der Waals surface area contributed by atoms with Crippen LogP contribution in [-0.4, -0.2) is 39.3 Å². The largest absolute Gasteiger partial charge is 0.375 e. The number of rotatable bonds is 11. The molecule has 40 heavy (non-hydrogen) atoms. The monoisotopic (exact) mass is 572 g/mol. The quantitative estimate of drug-likeness (QED) is 0.0927. The molecule has 0 saturated carbocycles. The maximum Gasteiger partial charge on any atom is 0.284 e. The highest BCUT2D eigenvalue weighted by Gasteiger charge is 2.29. The van der Waals surface area contributed by atoms with Crippen molar-refractivity contribution in [1.82, 2.24) is 14.7 Å². The molecule has 1 aliphatic rings. The summed E-state index contributed by atoms with van der Waals surface area (Å²) in [7, 11) is 0. The van der Waals surface area contributed by atoms with Gasteiger partial charge >= 0.3 is 0 Å². The van der Waals surface area contributed by atoms with Gasteiger partial charge in [0.2, 0.25) is 0 Å². The molecule has 7 nitrogen and oxygen atoms in total. The third kappa shape index (κ3) is 5.90. The van der Waals surface area contributed by atoms with Gasteiger partial charge in [-0.3, -0.25) is 19.7 Å². The Labute approximate surface area is 243 Å². The zero-order valence-electron chi connectivity index (χ0n) is 21.8. The van der Waals surface area contributed by atoms with Crippen LogP contribution in [0.15, 0.2) is 107 Å². The van der Waals surface area contributed by atoms with Gasteiger partial charge in [0.25, 0.3) is 5.69 Å². The van der Waals surface area contributed by atoms with Crippen LogP contribution in [0.3, 0.4) is 0 Å². The second-order valence-corrected chi connectivity index (χ2v) is 10.6. The van der Waals surface area contributed by atoms with Crippen LogP contribution in [0.5, 0.6) is 0 Å².